The molecular formula is C53H61N9O5. The summed E-state index contributed by atoms with van der Waals surface area (Å²) < 4.78 is 14.0. The molecule has 3 saturated heterocycles. The van der Waals surface area contributed by atoms with Gasteiger partial charge in [0.1, 0.15) is 0 Å². The van der Waals surface area contributed by atoms with Crippen LogP contribution in [-0.4, -0.2) is 105 Å². The zero-order valence-electron chi connectivity index (χ0n) is 39.0. The van der Waals surface area contributed by atoms with Crippen molar-refractivity contribution in [3.63, 3.8) is 0 Å². The Hall–Kier alpha value is -6.31. The Kier molecular flexibility index (Phi) is 11.7. The summed E-state index contributed by atoms with van der Waals surface area (Å²) >= 11 is 0. The Morgan fingerprint density at radius 1 is 0.552 bits per heavy atom. The minimum absolute atomic E-state index is 0.168. The van der Waals surface area contributed by atoms with E-state index in [0.717, 1.165) is 121 Å². The van der Waals surface area contributed by atoms with Crippen molar-refractivity contribution >= 4 is 51.3 Å². The molecule has 0 radical (unpaired) electrons. The first-order chi connectivity index (χ1) is 32.8. The third kappa shape index (κ3) is 7.89. The van der Waals surface area contributed by atoms with Crippen molar-refractivity contribution in [2.45, 2.75) is 102 Å². The summed E-state index contributed by atoms with van der Waals surface area (Å²) in [6, 6.07) is 24.3. The lowest BCUT2D eigenvalue weighted by Crippen LogP contribution is -2.47. The van der Waals surface area contributed by atoms with Crippen LogP contribution in [0.4, 0.5) is 11.4 Å². The summed E-state index contributed by atoms with van der Waals surface area (Å²) in [6.07, 6.45) is 14.2. The van der Waals surface area contributed by atoms with Crippen LogP contribution in [-0.2, 0) is 14.3 Å². The maximum absolute atomic E-state index is 12.7. The number of ether oxygens (including phenoxy) is 2. The highest BCUT2D eigenvalue weighted by atomic mass is 16.5. The zero-order chi connectivity index (χ0) is 45.8. The number of piperidine rings is 2. The van der Waals surface area contributed by atoms with E-state index in [1.54, 1.807) is 6.92 Å². The quantitative estimate of drug-likeness (QED) is 0.135. The molecule has 1 amide bonds. The molecule has 4 atom stereocenters. The minimum atomic E-state index is -0.447. The number of likely N-dealkylation sites (tertiary alicyclic amines) is 1. The van der Waals surface area contributed by atoms with Gasteiger partial charge in [-0.25, -0.2) is 28.9 Å². The lowest BCUT2D eigenvalue weighted by molar-refractivity contribution is -0.130. The Balaban J connectivity index is 0.000000148. The summed E-state index contributed by atoms with van der Waals surface area (Å²) in [4.78, 5) is 53.9. The second kappa shape index (κ2) is 18.1. The van der Waals surface area contributed by atoms with Gasteiger partial charge < -0.3 is 24.2 Å². The van der Waals surface area contributed by atoms with Crippen LogP contribution in [0.25, 0.3) is 33.4 Å². The Labute approximate surface area is 391 Å². The molecule has 4 unspecified atom stereocenters. The zero-order valence-corrected chi connectivity index (χ0v) is 39.0. The van der Waals surface area contributed by atoms with E-state index in [9.17, 15) is 14.4 Å². The van der Waals surface area contributed by atoms with E-state index < -0.39 is 11.9 Å². The fraction of sp³-hybridized carbons (Fsp3) is 0.491. The van der Waals surface area contributed by atoms with E-state index in [1.165, 1.54) is 65.6 Å². The van der Waals surface area contributed by atoms with Crippen molar-refractivity contribution in [2.75, 3.05) is 56.7 Å². The van der Waals surface area contributed by atoms with E-state index in [-0.39, 0.29) is 5.91 Å². The Morgan fingerprint density at radius 2 is 1.01 bits per heavy atom. The molecule has 3 aliphatic heterocycles. The normalized spacial score (nSPS) is 22.7. The molecule has 6 aromatic rings. The van der Waals surface area contributed by atoms with Gasteiger partial charge in [0, 0.05) is 57.5 Å². The topological polar surface area (TPSA) is 141 Å². The number of anilines is 2. The summed E-state index contributed by atoms with van der Waals surface area (Å²) in [7, 11) is 2.81. The van der Waals surface area contributed by atoms with E-state index in [1.807, 2.05) is 87.1 Å². The molecule has 348 valence electrons. The molecule has 3 saturated carbocycles. The maximum Gasteiger partial charge on any atom is 0.356 e. The molecule has 6 aliphatic rings. The average molecular weight is 904 g/mol. The van der Waals surface area contributed by atoms with Crippen LogP contribution in [0.5, 0.6) is 0 Å². The standard InChI is InChI=1S/C27H31N5O3.C26H30N4O2/c1-17(33)31-14-11-19-16-30(13-12-22(19)31)23-15-21(27(34)35-2)28-26-24(23)25(18-7-6-8-18)29-32(26)20-9-4-3-5-10-20;1-32-26(31)21-15-22(29-14-13-17-7-5-10-19(17)16-29)23-24(18-8-6-9-18)28-30(25(23)27-21)20-11-3-2-4-12-20/h3-5,9-10,15,18-19,22H,6-8,11-14,16H2,1-2H3;2-4,11-12,15,17-19H,5-10,13-14,16H2,1H3. The molecule has 2 aromatic carbocycles. The molecule has 0 N–H and O–H groups in total. The Bertz CT molecular complexity index is 2820. The molecule has 0 bridgehead atoms. The van der Waals surface area contributed by atoms with Gasteiger partial charge in [0.15, 0.2) is 22.7 Å². The van der Waals surface area contributed by atoms with Crippen LogP contribution >= 0.6 is 0 Å². The van der Waals surface area contributed by atoms with Gasteiger partial charge in [-0.05, 0) is 106 Å². The predicted octanol–water partition coefficient (Wildman–Crippen LogP) is 9.02. The van der Waals surface area contributed by atoms with Gasteiger partial charge in [-0.15, -0.1) is 0 Å². The van der Waals surface area contributed by atoms with Crippen LogP contribution in [0.2, 0.25) is 0 Å². The molecular weight excluding hydrogens is 843 g/mol. The van der Waals surface area contributed by atoms with Crippen LogP contribution in [0.3, 0.4) is 0 Å². The first kappa shape index (κ1) is 43.3. The number of aromatic nitrogens is 6. The van der Waals surface area contributed by atoms with Crippen molar-refractivity contribution in [3.05, 3.63) is 95.6 Å². The van der Waals surface area contributed by atoms with Gasteiger partial charge in [0.05, 0.1) is 59.1 Å². The number of benzene rings is 2. The summed E-state index contributed by atoms with van der Waals surface area (Å²) in [6.45, 7) is 6.27. The van der Waals surface area contributed by atoms with E-state index in [2.05, 4.69) is 9.80 Å². The molecule has 6 fully saturated rings. The minimum Gasteiger partial charge on any atom is -0.464 e. The van der Waals surface area contributed by atoms with Crippen molar-refractivity contribution in [1.29, 1.82) is 0 Å². The van der Waals surface area contributed by atoms with Gasteiger partial charge in [-0.3, -0.25) is 4.79 Å². The van der Waals surface area contributed by atoms with E-state index in [4.69, 9.17) is 29.6 Å². The van der Waals surface area contributed by atoms with Gasteiger partial charge >= 0.3 is 11.9 Å². The number of hydrogen-bond acceptors (Lipinski definition) is 11. The van der Waals surface area contributed by atoms with Gasteiger partial charge in [-0.1, -0.05) is 62.1 Å². The number of rotatable bonds is 8. The van der Waals surface area contributed by atoms with Crippen molar-refractivity contribution < 1.29 is 23.9 Å². The second-order valence-electron chi connectivity index (χ2n) is 19.7. The van der Waals surface area contributed by atoms with E-state index in [0.29, 0.717) is 40.8 Å². The molecule has 67 heavy (non-hydrogen) atoms. The number of methoxy groups -OCH3 is 2. The van der Waals surface area contributed by atoms with Gasteiger partial charge in [0.2, 0.25) is 5.91 Å². The third-order valence-corrected chi connectivity index (χ3v) is 16.0. The van der Waals surface area contributed by atoms with Crippen molar-refractivity contribution in [3.8, 4) is 11.4 Å². The molecule has 4 aromatic heterocycles. The summed E-state index contributed by atoms with van der Waals surface area (Å²) in [5, 5.41) is 12.4. The van der Waals surface area contributed by atoms with Gasteiger partial charge in [0.25, 0.3) is 0 Å². The number of carbonyl (C=O) groups is 3. The smallest absolute Gasteiger partial charge is 0.356 e. The number of carbonyl (C=O) groups excluding carboxylic acids is 3. The largest absolute Gasteiger partial charge is 0.464 e. The lowest BCUT2D eigenvalue weighted by Gasteiger charge is -2.39. The molecule has 3 aliphatic carbocycles. The fourth-order valence-corrected chi connectivity index (χ4v) is 12.0. The first-order valence-corrected chi connectivity index (χ1v) is 24.7. The highest BCUT2D eigenvalue weighted by Gasteiger charge is 2.41. The maximum atomic E-state index is 12.7. The second-order valence-corrected chi connectivity index (χ2v) is 19.7. The van der Waals surface area contributed by atoms with Crippen LogP contribution in [0.15, 0.2) is 72.8 Å². The summed E-state index contributed by atoms with van der Waals surface area (Å²) in [5.41, 5.74) is 8.37. The number of fused-ring (bicyclic) bond motifs is 4. The van der Waals surface area contributed by atoms with Crippen LogP contribution in [0.1, 0.15) is 128 Å². The predicted molar refractivity (Wildman–Crippen MR) is 257 cm³/mol. The van der Waals surface area contributed by atoms with Crippen LogP contribution in [0, 0.1) is 17.8 Å². The molecule has 7 heterocycles. The number of para-hydroxylation sites is 2. The van der Waals surface area contributed by atoms with Crippen LogP contribution < -0.4 is 9.80 Å². The lowest BCUT2D eigenvalue weighted by atomic mass is 9.81. The summed E-state index contributed by atoms with van der Waals surface area (Å²) in [5.74, 6) is 2.25. The number of pyridine rings is 2. The first-order valence-electron chi connectivity index (χ1n) is 24.7. The highest BCUT2D eigenvalue weighted by Crippen LogP contribution is 2.47. The third-order valence-electron chi connectivity index (χ3n) is 16.0. The average Bonchev–Trinajstić information content (AvgIpc) is 4.14. The number of nitrogens with zero attached hydrogens (tertiary/aromatic N) is 9. The van der Waals surface area contributed by atoms with Crippen molar-refractivity contribution in [2.24, 2.45) is 17.8 Å². The molecule has 14 heteroatoms. The van der Waals surface area contributed by atoms with Gasteiger partial charge in [-0.2, -0.15) is 10.2 Å². The number of esters is 2. The highest BCUT2D eigenvalue weighted by molar-refractivity contribution is 6.00. The molecule has 12 rings (SSSR count). The SMILES string of the molecule is COC(=O)c1cc(N2CCC3C(CCN3C(C)=O)C2)c2c(C3CCC3)nn(-c3ccccc3)c2n1.COC(=O)c1cc(N2CCC3CCCC3C2)c2c(C3CCC3)nn(-c3ccccc3)c2n1. The van der Waals surface area contributed by atoms with E-state index >= 15 is 0 Å². The monoisotopic (exact) mass is 903 g/mol. The molecule has 14 nitrogen and oxygen atoms in total. The molecule has 0 spiro atoms. The number of hydrogen-bond donors (Lipinski definition) is 0. The number of amides is 1. The van der Waals surface area contributed by atoms with Crippen molar-refractivity contribution in [1.82, 2.24) is 34.4 Å². The fourth-order valence-electron chi connectivity index (χ4n) is 12.0. The Morgan fingerprint density at radius 3 is 1.49 bits per heavy atom.